The molecule has 0 radical (unpaired) electrons. The number of carbonyl (C=O) groups excluding carboxylic acids is 2. The zero-order valence-electron chi connectivity index (χ0n) is 13.9. The number of anilines is 1. The molecule has 5 nitrogen and oxygen atoms in total. The Morgan fingerprint density at radius 2 is 1.88 bits per heavy atom. The molecule has 1 N–H and O–H groups in total. The van der Waals surface area contributed by atoms with E-state index in [2.05, 4.69) is 5.32 Å². The van der Waals surface area contributed by atoms with E-state index in [1.165, 1.54) is 0 Å². The van der Waals surface area contributed by atoms with Crippen LogP contribution in [0.15, 0.2) is 36.4 Å². The molecule has 134 valence electrons. The van der Waals surface area contributed by atoms with Crippen molar-refractivity contribution in [1.29, 1.82) is 0 Å². The molecule has 1 heterocycles. The Morgan fingerprint density at radius 3 is 2.56 bits per heavy atom. The van der Waals surface area contributed by atoms with Crippen molar-refractivity contribution in [3.05, 3.63) is 41.4 Å². The summed E-state index contributed by atoms with van der Waals surface area (Å²) in [6.07, 6.45) is 6.82. The van der Waals surface area contributed by atoms with Crippen LogP contribution >= 0.6 is 11.6 Å². The van der Waals surface area contributed by atoms with Crippen LogP contribution in [0, 0.1) is 11.8 Å². The number of nitrogens with one attached hydrogen (secondary N) is 1. The van der Waals surface area contributed by atoms with Crippen LogP contribution in [0.1, 0.15) is 25.7 Å². The molecule has 1 fully saturated rings. The summed E-state index contributed by atoms with van der Waals surface area (Å²) in [6.45, 7) is 0.991. The monoisotopic (exact) mass is 363 g/mol. The van der Waals surface area contributed by atoms with Gasteiger partial charge in [-0.25, -0.2) is 0 Å². The molecule has 3 rings (SSSR count). The predicted octanol–water partition coefficient (Wildman–Crippen LogP) is 3.58. The molecule has 1 aromatic rings. The number of allylic oxidation sites excluding steroid dienone is 2. The highest BCUT2D eigenvalue weighted by atomic mass is 35.5. The lowest BCUT2D eigenvalue weighted by molar-refractivity contribution is -0.155. The van der Waals surface area contributed by atoms with Crippen LogP contribution in [0.2, 0.25) is 5.02 Å². The van der Waals surface area contributed by atoms with Crippen molar-refractivity contribution in [2.45, 2.75) is 31.8 Å². The normalized spacial score (nSPS) is 25.6. The SMILES string of the molecule is O=C(Nc1ccc(Cl)cc1)[C@H]1CC=CC[C@@H]1C(=O)OC[C@@H]1CCCO1. The zero-order valence-corrected chi connectivity index (χ0v) is 14.7. The van der Waals surface area contributed by atoms with Crippen LogP contribution < -0.4 is 5.32 Å². The van der Waals surface area contributed by atoms with Gasteiger partial charge < -0.3 is 14.8 Å². The molecule has 0 aromatic heterocycles. The Balaban J connectivity index is 1.59. The molecule has 1 saturated heterocycles. The number of amides is 1. The highest BCUT2D eigenvalue weighted by Crippen LogP contribution is 2.29. The molecule has 25 heavy (non-hydrogen) atoms. The van der Waals surface area contributed by atoms with Gasteiger partial charge >= 0.3 is 5.97 Å². The first kappa shape index (κ1) is 18.0. The van der Waals surface area contributed by atoms with Crippen molar-refractivity contribution in [3.63, 3.8) is 0 Å². The summed E-state index contributed by atoms with van der Waals surface area (Å²) in [4.78, 5) is 25.1. The third kappa shape index (κ3) is 4.83. The largest absolute Gasteiger partial charge is 0.463 e. The first-order chi connectivity index (χ1) is 12.1. The fourth-order valence-electron chi connectivity index (χ4n) is 3.19. The molecule has 0 spiro atoms. The number of hydrogen-bond donors (Lipinski definition) is 1. The average Bonchev–Trinajstić information content (AvgIpc) is 3.15. The molecule has 0 unspecified atom stereocenters. The fraction of sp³-hybridized carbons (Fsp3) is 0.474. The topological polar surface area (TPSA) is 64.6 Å². The smallest absolute Gasteiger partial charge is 0.310 e. The second kappa shape index (κ2) is 8.50. The molecule has 0 bridgehead atoms. The van der Waals surface area contributed by atoms with E-state index in [9.17, 15) is 9.59 Å². The fourth-order valence-corrected chi connectivity index (χ4v) is 3.32. The number of esters is 1. The van der Waals surface area contributed by atoms with Crippen molar-refractivity contribution in [1.82, 2.24) is 0 Å². The van der Waals surface area contributed by atoms with Crippen molar-refractivity contribution < 1.29 is 19.1 Å². The van der Waals surface area contributed by atoms with Gasteiger partial charge in [0.15, 0.2) is 0 Å². The van der Waals surface area contributed by atoms with E-state index in [0.29, 0.717) is 23.6 Å². The number of carbonyl (C=O) groups is 2. The summed E-state index contributed by atoms with van der Waals surface area (Å²) < 4.78 is 10.9. The molecule has 1 aromatic carbocycles. The van der Waals surface area contributed by atoms with Crippen LogP contribution in [0.4, 0.5) is 5.69 Å². The van der Waals surface area contributed by atoms with E-state index >= 15 is 0 Å². The van der Waals surface area contributed by atoms with Crippen molar-refractivity contribution in [2.75, 3.05) is 18.5 Å². The predicted molar refractivity (Wildman–Crippen MR) is 95.4 cm³/mol. The van der Waals surface area contributed by atoms with Gasteiger partial charge in [-0.3, -0.25) is 9.59 Å². The van der Waals surface area contributed by atoms with Gasteiger partial charge in [0.05, 0.1) is 17.9 Å². The van der Waals surface area contributed by atoms with Gasteiger partial charge in [-0.1, -0.05) is 23.8 Å². The third-order valence-corrected chi connectivity index (χ3v) is 4.87. The number of halogens is 1. The first-order valence-electron chi connectivity index (χ1n) is 8.63. The van der Waals surface area contributed by atoms with Crippen molar-refractivity contribution in [3.8, 4) is 0 Å². The standard InChI is InChI=1S/C19H22ClNO4/c20-13-7-9-14(10-8-13)21-18(22)16-5-1-2-6-17(16)19(23)25-12-15-4-3-11-24-15/h1-2,7-10,15-17H,3-6,11-12H2,(H,21,22)/t15-,16-,17-/m0/s1. The third-order valence-electron chi connectivity index (χ3n) is 4.62. The first-order valence-corrected chi connectivity index (χ1v) is 9.01. The highest BCUT2D eigenvalue weighted by Gasteiger charge is 2.35. The van der Waals surface area contributed by atoms with Crippen LogP contribution in [0.3, 0.4) is 0 Å². The molecule has 1 aliphatic heterocycles. The number of ether oxygens (including phenoxy) is 2. The van der Waals surface area contributed by atoms with Crippen molar-refractivity contribution >= 4 is 29.2 Å². The number of rotatable bonds is 5. The maximum atomic E-state index is 12.6. The van der Waals surface area contributed by atoms with Crippen LogP contribution in [-0.2, 0) is 19.1 Å². The van der Waals surface area contributed by atoms with Gasteiger partial charge in [0.25, 0.3) is 0 Å². The minimum absolute atomic E-state index is 0.00979. The molecule has 1 amide bonds. The summed E-state index contributed by atoms with van der Waals surface area (Å²) in [5.41, 5.74) is 0.662. The Bertz CT molecular complexity index is 637. The lowest BCUT2D eigenvalue weighted by atomic mass is 9.82. The van der Waals surface area contributed by atoms with Gasteiger partial charge in [-0.2, -0.15) is 0 Å². The minimum Gasteiger partial charge on any atom is -0.463 e. The Labute approximate surface area is 152 Å². The van der Waals surface area contributed by atoms with Crippen LogP contribution in [0.5, 0.6) is 0 Å². The minimum atomic E-state index is -0.460. The molecular formula is C19H22ClNO4. The summed E-state index contributed by atoms with van der Waals surface area (Å²) in [5, 5.41) is 3.46. The van der Waals surface area contributed by atoms with Gasteiger partial charge in [-0.05, 0) is 49.9 Å². The number of hydrogen-bond acceptors (Lipinski definition) is 4. The molecule has 1 aliphatic carbocycles. The second-order valence-corrected chi connectivity index (χ2v) is 6.85. The molecule has 3 atom stereocenters. The molecule has 2 aliphatic rings. The van der Waals surface area contributed by atoms with Crippen LogP contribution in [0.25, 0.3) is 0 Å². The Kier molecular flexibility index (Phi) is 6.10. The van der Waals surface area contributed by atoms with Gasteiger partial charge in [0.1, 0.15) is 6.61 Å². The second-order valence-electron chi connectivity index (χ2n) is 6.42. The summed E-state index contributed by atoms with van der Waals surface area (Å²) in [5.74, 6) is -1.39. The van der Waals surface area contributed by atoms with E-state index in [1.807, 2.05) is 12.2 Å². The summed E-state index contributed by atoms with van der Waals surface area (Å²) in [7, 11) is 0. The lowest BCUT2D eigenvalue weighted by Crippen LogP contribution is -2.36. The maximum absolute atomic E-state index is 12.6. The van der Waals surface area contributed by atoms with E-state index in [0.717, 1.165) is 19.4 Å². The summed E-state index contributed by atoms with van der Waals surface area (Å²) in [6, 6.07) is 6.91. The van der Waals surface area contributed by atoms with E-state index in [-0.39, 0.29) is 24.6 Å². The number of benzene rings is 1. The Morgan fingerprint density at radius 1 is 1.16 bits per heavy atom. The van der Waals surface area contributed by atoms with E-state index in [4.69, 9.17) is 21.1 Å². The van der Waals surface area contributed by atoms with E-state index in [1.54, 1.807) is 24.3 Å². The van der Waals surface area contributed by atoms with Crippen LogP contribution in [-0.4, -0.2) is 31.2 Å². The van der Waals surface area contributed by atoms with Gasteiger partial charge in [0.2, 0.25) is 5.91 Å². The molecular weight excluding hydrogens is 342 g/mol. The molecule has 0 saturated carbocycles. The average molecular weight is 364 g/mol. The zero-order chi connectivity index (χ0) is 17.6. The van der Waals surface area contributed by atoms with Gasteiger partial charge in [0, 0.05) is 17.3 Å². The quantitative estimate of drug-likeness (QED) is 0.641. The van der Waals surface area contributed by atoms with E-state index < -0.39 is 11.8 Å². The highest BCUT2D eigenvalue weighted by molar-refractivity contribution is 6.30. The molecule has 6 heteroatoms. The lowest BCUT2D eigenvalue weighted by Gasteiger charge is -2.26. The maximum Gasteiger partial charge on any atom is 0.310 e. The van der Waals surface area contributed by atoms with Crippen molar-refractivity contribution in [2.24, 2.45) is 11.8 Å². The van der Waals surface area contributed by atoms with Gasteiger partial charge in [-0.15, -0.1) is 0 Å². The summed E-state index contributed by atoms with van der Waals surface area (Å²) >= 11 is 5.86. The Hall–Kier alpha value is -1.85.